The van der Waals surface area contributed by atoms with Crippen LogP contribution in [-0.4, -0.2) is 18.4 Å². The highest BCUT2D eigenvalue weighted by molar-refractivity contribution is 5.95. The zero-order valence-corrected chi connectivity index (χ0v) is 15.4. The van der Waals surface area contributed by atoms with Gasteiger partial charge >= 0.3 is 0 Å². The highest BCUT2D eigenvalue weighted by Gasteiger charge is 2.24. The number of nitrogens with one attached hydrogen (secondary N) is 2. The molecule has 2 aromatic carbocycles. The molecule has 0 radical (unpaired) electrons. The number of aryl methyl sites for hydroxylation is 1. The van der Waals surface area contributed by atoms with Crippen molar-refractivity contribution in [3.63, 3.8) is 0 Å². The zero-order chi connectivity index (χ0) is 18.5. The normalized spacial score (nSPS) is 15.6. The van der Waals surface area contributed by atoms with Gasteiger partial charge in [0.1, 0.15) is 0 Å². The van der Waals surface area contributed by atoms with Gasteiger partial charge in [-0.3, -0.25) is 9.59 Å². The quantitative estimate of drug-likeness (QED) is 0.823. The van der Waals surface area contributed by atoms with Gasteiger partial charge in [-0.25, -0.2) is 0 Å². The molecule has 0 aliphatic heterocycles. The zero-order valence-electron chi connectivity index (χ0n) is 15.4. The molecule has 1 unspecified atom stereocenters. The Kier molecular flexibility index (Phi) is 5.71. The number of hydrogen-bond acceptors (Lipinski definition) is 2. The minimum absolute atomic E-state index is 0.0173. The molecule has 1 aliphatic rings. The van der Waals surface area contributed by atoms with E-state index in [0.717, 1.165) is 18.5 Å². The van der Waals surface area contributed by atoms with Crippen LogP contribution in [0.4, 0.5) is 5.69 Å². The predicted molar refractivity (Wildman–Crippen MR) is 104 cm³/mol. The third kappa shape index (κ3) is 4.51. The molecule has 1 aliphatic carbocycles. The lowest BCUT2D eigenvalue weighted by Gasteiger charge is -2.12. The molecule has 136 valence electrons. The van der Waals surface area contributed by atoms with Gasteiger partial charge in [-0.15, -0.1) is 0 Å². The lowest BCUT2D eigenvalue weighted by atomic mass is 9.97. The summed E-state index contributed by atoms with van der Waals surface area (Å²) >= 11 is 0. The van der Waals surface area contributed by atoms with Crippen molar-refractivity contribution < 1.29 is 9.59 Å². The maximum absolute atomic E-state index is 12.4. The summed E-state index contributed by atoms with van der Waals surface area (Å²) in [6.45, 7) is 4.77. The number of rotatable bonds is 6. The summed E-state index contributed by atoms with van der Waals surface area (Å²) in [6.07, 6.45) is 2.57. The van der Waals surface area contributed by atoms with E-state index in [4.69, 9.17) is 0 Å². The summed E-state index contributed by atoms with van der Waals surface area (Å²) in [5.41, 5.74) is 4.00. The summed E-state index contributed by atoms with van der Waals surface area (Å²) in [5.74, 6) is 0.647. The van der Waals surface area contributed by atoms with Crippen molar-refractivity contribution in [2.24, 2.45) is 5.92 Å². The van der Waals surface area contributed by atoms with E-state index in [1.807, 2.05) is 6.07 Å². The third-order valence-corrected chi connectivity index (χ3v) is 4.79. The van der Waals surface area contributed by atoms with Crippen LogP contribution in [-0.2, 0) is 11.2 Å². The van der Waals surface area contributed by atoms with Crippen molar-refractivity contribution in [2.75, 3.05) is 11.9 Å². The van der Waals surface area contributed by atoms with E-state index in [1.54, 1.807) is 24.3 Å². The monoisotopic (exact) mass is 350 g/mol. The van der Waals surface area contributed by atoms with Gasteiger partial charge in [-0.05, 0) is 60.1 Å². The smallest absolute Gasteiger partial charge is 0.251 e. The standard InChI is InChI=1S/C22H26N2O2/c1-15(2)14-23-22(26)17-9-11-19(12-10-17)24-21(25)13-18-8-7-16-5-3-4-6-20(16)18/h3-6,9-12,15,18H,7-8,13-14H2,1-2H3,(H,23,26)(H,24,25). The van der Waals surface area contributed by atoms with E-state index in [0.29, 0.717) is 30.4 Å². The van der Waals surface area contributed by atoms with Crippen LogP contribution in [0, 0.1) is 5.92 Å². The molecule has 0 bridgehead atoms. The van der Waals surface area contributed by atoms with Gasteiger partial charge < -0.3 is 10.6 Å². The number of fused-ring (bicyclic) bond motifs is 1. The Morgan fingerprint density at radius 1 is 1.08 bits per heavy atom. The summed E-state index contributed by atoms with van der Waals surface area (Å²) in [7, 11) is 0. The van der Waals surface area contributed by atoms with Crippen LogP contribution in [0.15, 0.2) is 48.5 Å². The van der Waals surface area contributed by atoms with Gasteiger partial charge in [-0.1, -0.05) is 38.1 Å². The maximum Gasteiger partial charge on any atom is 0.251 e. The predicted octanol–water partition coefficient (Wildman–Crippen LogP) is 4.13. The Morgan fingerprint density at radius 3 is 2.54 bits per heavy atom. The molecule has 2 N–H and O–H groups in total. The molecule has 3 rings (SSSR count). The topological polar surface area (TPSA) is 58.2 Å². The largest absolute Gasteiger partial charge is 0.352 e. The molecular formula is C22H26N2O2. The summed E-state index contributed by atoms with van der Waals surface area (Å²) < 4.78 is 0. The fourth-order valence-corrected chi connectivity index (χ4v) is 3.40. The maximum atomic E-state index is 12.4. The summed E-state index contributed by atoms with van der Waals surface area (Å²) in [5, 5.41) is 5.84. The Bertz CT molecular complexity index is 781. The molecule has 1 atom stereocenters. The van der Waals surface area contributed by atoms with Crippen molar-refractivity contribution in [3.8, 4) is 0 Å². The SMILES string of the molecule is CC(C)CNC(=O)c1ccc(NC(=O)CC2CCc3ccccc32)cc1. The fraction of sp³-hybridized carbons (Fsp3) is 0.364. The van der Waals surface area contributed by atoms with Crippen molar-refractivity contribution in [1.82, 2.24) is 5.32 Å². The first-order valence-electron chi connectivity index (χ1n) is 9.29. The molecule has 26 heavy (non-hydrogen) atoms. The van der Waals surface area contributed by atoms with Gasteiger partial charge in [0.05, 0.1) is 0 Å². The first-order valence-corrected chi connectivity index (χ1v) is 9.29. The van der Waals surface area contributed by atoms with E-state index < -0.39 is 0 Å². The van der Waals surface area contributed by atoms with Crippen LogP contribution in [0.25, 0.3) is 0 Å². The van der Waals surface area contributed by atoms with Gasteiger partial charge in [0.25, 0.3) is 5.91 Å². The number of carbonyl (C=O) groups excluding carboxylic acids is 2. The van der Waals surface area contributed by atoms with Crippen LogP contribution >= 0.6 is 0 Å². The van der Waals surface area contributed by atoms with Crippen molar-refractivity contribution >= 4 is 17.5 Å². The molecule has 4 nitrogen and oxygen atoms in total. The second-order valence-corrected chi connectivity index (χ2v) is 7.37. The number of hydrogen-bond donors (Lipinski definition) is 2. The Balaban J connectivity index is 1.54. The molecular weight excluding hydrogens is 324 g/mol. The van der Waals surface area contributed by atoms with Gasteiger partial charge in [0.15, 0.2) is 0 Å². The fourth-order valence-electron chi connectivity index (χ4n) is 3.40. The average Bonchev–Trinajstić information content (AvgIpc) is 3.03. The molecule has 2 aromatic rings. The molecule has 0 saturated carbocycles. The Hall–Kier alpha value is -2.62. The first kappa shape index (κ1) is 18.2. The number of anilines is 1. The minimum Gasteiger partial charge on any atom is -0.352 e. The first-order chi connectivity index (χ1) is 12.5. The van der Waals surface area contributed by atoms with Crippen molar-refractivity contribution in [1.29, 1.82) is 0 Å². The highest BCUT2D eigenvalue weighted by Crippen LogP contribution is 2.35. The summed E-state index contributed by atoms with van der Waals surface area (Å²) in [6, 6.07) is 15.4. The lowest BCUT2D eigenvalue weighted by Crippen LogP contribution is -2.27. The van der Waals surface area contributed by atoms with Crippen LogP contribution in [0.1, 0.15) is 54.1 Å². The van der Waals surface area contributed by atoms with E-state index in [1.165, 1.54) is 11.1 Å². The minimum atomic E-state index is -0.0841. The van der Waals surface area contributed by atoms with E-state index in [2.05, 4.69) is 42.7 Å². The average molecular weight is 350 g/mol. The van der Waals surface area contributed by atoms with Crippen LogP contribution in [0.2, 0.25) is 0 Å². The Labute approximate surface area is 155 Å². The number of amides is 2. The number of benzene rings is 2. The van der Waals surface area contributed by atoms with E-state index >= 15 is 0 Å². The third-order valence-electron chi connectivity index (χ3n) is 4.79. The second-order valence-electron chi connectivity index (χ2n) is 7.37. The summed E-state index contributed by atoms with van der Waals surface area (Å²) in [4.78, 5) is 24.4. The molecule has 4 heteroatoms. The van der Waals surface area contributed by atoms with Crippen molar-refractivity contribution in [2.45, 2.75) is 39.0 Å². The Morgan fingerprint density at radius 2 is 1.81 bits per heavy atom. The molecule has 0 aromatic heterocycles. The van der Waals surface area contributed by atoms with E-state index in [-0.39, 0.29) is 11.8 Å². The molecule has 0 spiro atoms. The van der Waals surface area contributed by atoms with Crippen LogP contribution in [0.5, 0.6) is 0 Å². The van der Waals surface area contributed by atoms with Crippen LogP contribution < -0.4 is 10.6 Å². The molecule has 0 saturated heterocycles. The van der Waals surface area contributed by atoms with Crippen molar-refractivity contribution in [3.05, 3.63) is 65.2 Å². The van der Waals surface area contributed by atoms with Gasteiger partial charge in [-0.2, -0.15) is 0 Å². The molecule has 2 amide bonds. The van der Waals surface area contributed by atoms with Gasteiger partial charge in [0, 0.05) is 24.2 Å². The molecule has 0 fully saturated rings. The number of carbonyl (C=O) groups is 2. The lowest BCUT2D eigenvalue weighted by molar-refractivity contribution is -0.116. The highest BCUT2D eigenvalue weighted by atomic mass is 16.2. The van der Waals surface area contributed by atoms with Crippen LogP contribution in [0.3, 0.4) is 0 Å². The molecule has 0 heterocycles. The van der Waals surface area contributed by atoms with E-state index in [9.17, 15) is 9.59 Å². The van der Waals surface area contributed by atoms with Gasteiger partial charge in [0.2, 0.25) is 5.91 Å². The second kappa shape index (κ2) is 8.17.